The number of ether oxygens (including phenoxy) is 2. The van der Waals surface area contributed by atoms with E-state index in [0.29, 0.717) is 13.0 Å². The van der Waals surface area contributed by atoms with Gasteiger partial charge < -0.3 is 9.47 Å². The Balaban J connectivity index is 2.09. The van der Waals surface area contributed by atoms with Crippen molar-refractivity contribution in [2.75, 3.05) is 13.2 Å². The summed E-state index contributed by atoms with van der Waals surface area (Å²) in [6.45, 7) is 5.91. The number of imide groups is 1. The number of rotatable bonds is 8. The van der Waals surface area contributed by atoms with Crippen molar-refractivity contribution in [3.05, 3.63) is 33.1 Å². The number of amides is 2. The smallest absolute Gasteiger partial charge is 0.326 e. The predicted octanol–water partition coefficient (Wildman–Crippen LogP) is 4.62. The van der Waals surface area contributed by atoms with Crippen LogP contribution in [-0.2, 0) is 14.3 Å². The van der Waals surface area contributed by atoms with Gasteiger partial charge in [0.25, 0.3) is 11.1 Å². The zero-order valence-electron chi connectivity index (χ0n) is 15.5. The third-order valence-corrected chi connectivity index (χ3v) is 5.31. The van der Waals surface area contributed by atoms with Crippen molar-refractivity contribution in [3.8, 4) is 5.75 Å². The van der Waals surface area contributed by atoms with Crippen molar-refractivity contribution in [3.63, 3.8) is 0 Å². The average Bonchev–Trinajstić information content (AvgIpc) is 2.88. The van der Waals surface area contributed by atoms with Crippen LogP contribution >= 0.6 is 27.7 Å². The van der Waals surface area contributed by atoms with Crippen molar-refractivity contribution in [1.29, 1.82) is 0 Å². The van der Waals surface area contributed by atoms with Gasteiger partial charge in [-0.3, -0.25) is 19.3 Å². The van der Waals surface area contributed by atoms with Crippen molar-refractivity contribution in [1.82, 2.24) is 4.90 Å². The van der Waals surface area contributed by atoms with Gasteiger partial charge in [0, 0.05) is 0 Å². The molecule has 0 spiro atoms. The molecule has 1 saturated heterocycles. The first-order chi connectivity index (χ1) is 12.8. The SMILES string of the molecule is CCCOc1ccc(/C=C2\SC(=O)N(CC(=O)O[C@H](C)CC)C2=O)cc1Br. The molecule has 1 heterocycles. The summed E-state index contributed by atoms with van der Waals surface area (Å²) in [6, 6.07) is 5.43. The Hall–Kier alpha value is -1.80. The summed E-state index contributed by atoms with van der Waals surface area (Å²) < 4.78 is 11.5. The first-order valence-corrected chi connectivity index (χ1v) is 10.3. The monoisotopic (exact) mass is 455 g/mol. The first-order valence-electron chi connectivity index (χ1n) is 8.72. The Morgan fingerprint density at radius 2 is 2.07 bits per heavy atom. The summed E-state index contributed by atoms with van der Waals surface area (Å²) in [5.74, 6) is -0.364. The second-order valence-corrected chi connectivity index (χ2v) is 7.86. The number of esters is 1. The van der Waals surface area contributed by atoms with E-state index in [-0.39, 0.29) is 17.6 Å². The van der Waals surface area contributed by atoms with E-state index in [4.69, 9.17) is 9.47 Å². The van der Waals surface area contributed by atoms with Gasteiger partial charge in [0.2, 0.25) is 0 Å². The zero-order valence-corrected chi connectivity index (χ0v) is 17.9. The van der Waals surface area contributed by atoms with Gasteiger partial charge in [-0.1, -0.05) is 19.9 Å². The molecule has 146 valence electrons. The third-order valence-electron chi connectivity index (χ3n) is 3.78. The van der Waals surface area contributed by atoms with Crippen LogP contribution in [0.1, 0.15) is 39.2 Å². The van der Waals surface area contributed by atoms with Crippen molar-refractivity contribution >= 4 is 50.9 Å². The second kappa shape index (κ2) is 9.94. The topological polar surface area (TPSA) is 72.9 Å². The first kappa shape index (κ1) is 21.5. The number of thioether (sulfide) groups is 1. The highest BCUT2D eigenvalue weighted by Gasteiger charge is 2.36. The van der Waals surface area contributed by atoms with Gasteiger partial charge in [-0.2, -0.15) is 0 Å². The van der Waals surface area contributed by atoms with Crippen LogP contribution in [0.3, 0.4) is 0 Å². The lowest BCUT2D eigenvalue weighted by molar-refractivity contribution is -0.150. The minimum absolute atomic E-state index is 0.251. The van der Waals surface area contributed by atoms with Crippen molar-refractivity contribution < 1.29 is 23.9 Å². The highest BCUT2D eigenvalue weighted by Crippen LogP contribution is 2.33. The van der Waals surface area contributed by atoms with E-state index in [1.54, 1.807) is 25.1 Å². The fourth-order valence-electron chi connectivity index (χ4n) is 2.20. The summed E-state index contributed by atoms with van der Waals surface area (Å²) in [6.07, 6.45) is 2.94. The predicted molar refractivity (Wildman–Crippen MR) is 108 cm³/mol. The highest BCUT2D eigenvalue weighted by molar-refractivity contribution is 9.10. The molecular weight excluding hydrogens is 434 g/mol. The largest absolute Gasteiger partial charge is 0.492 e. The lowest BCUT2D eigenvalue weighted by Gasteiger charge is -2.14. The van der Waals surface area contributed by atoms with E-state index in [1.165, 1.54) is 0 Å². The standard InChI is InChI=1S/C19H22BrNO5S/c1-4-8-25-15-7-6-13(9-14(15)20)10-16-18(23)21(19(24)27-16)11-17(22)26-12(3)5-2/h6-7,9-10,12H,4-5,8,11H2,1-3H3/b16-10-/t12-/m1/s1. The van der Waals surface area contributed by atoms with E-state index < -0.39 is 17.1 Å². The summed E-state index contributed by atoms with van der Waals surface area (Å²) in [5.41, 5.74) is 0.749. The molecule has 1 fully saturated rings. The Kier molecular flexibility index (Phi) is 7.91. The molecule has 27 heavy (non-hydrogen) atoms. The molecular formula is C19H22BrNO5S. The summed E-state index contributed by atoms with van der Waals surface area (Å²) in [7, 11) is 0. The molecule has 6 nitrogen and oxygen atoms in total. The molecule has 0 N–H and O–H groups in total. The van der Waals surface area contributed by atoms with Gasteiger partial charge >= 0.3 is 5.97 Å². The van der Waals surface area contributed by atoms with Crippen LogP contribution in [0.5, 0.6) is 5.75 Å². The van der Waals surface area contributed by atoms with Crippen LogP contribution < -0.4 is 4.74 Å². The van der Waals surface area contributed by atoms with E-state index in [0.717, 1.165) is 38.9 Å². The fourth-order valence-corrected chi connectivity index (χ4v) is 3.55. The van der Waals surface area contributed by atoms with Gasteiger partial charge in [0.1, 0.15) is 12.3 Å². The molecule has 0 aromatic heterocycles. The van der Waals surface area contributed by atoms with Crippen LogP contribution in [0, 0.1) is 0 Å². The zero-order chi connectivity index (χ0) is 20.0. The van der Waals surface area contributed by atoms with Crippen LogP contribution in [0.2, 0.25) is 0 Å². The van der Waals surface area contributed by atoms with E-state index in [9.17, 15) is 14.4 Å². The molecule has 1 aliphatic rings. The average molecular weight is 456 g/mol. The Morgan fingerprint density at radius 3 is 2.70 bits per heavy atom. The van der Waals surface area contributed by atoms with Gasteiger partial charge in [-0.05, 0) is 71.2 Å². The van der Waals surface area contributed by atoms with E-state index in [1.807, 2.05) is 19.9 Å². The number of nitrogens with zero attached hydrogens (tertiary/aromatic N) is 1. The number of halogens is 1. The molecule has 0 saturated carbocycles. The molecule has 1 aromatic carbocycles. The Labute approximate surface area is 171 Å². The highest BCUT2D eigenvalue weighted by atomic mass is 79.9. The Morgan fingerprint density at radius 1 is 1.33 bits per heavy atom. The van der Waals surface area contributed by atoms with Gasteiger partial charge in [0.05, 0.1) is 22.1 Å². The number of benzene rings is 1. The van der Waals surface area contributed by atoms with Crippen LogP contribution in [-0.4, -0.2) is 41.3 Å². The molecule has 1 aromatic rings. The fraction of sp³-hybridized carbons (Fsp3) is 0.421. The molecule has 0 bridgehead atoms. The lowest BCUT2D eigenvalue weighted by atomic mass is 10.2. The maximum absolute atomic E-state index is 12.5. The lowest BCUT2D eigenvalue weighted by Crippen LogP contribution is -2.35. The van der Waals surface area contributed by atoms with E-state index in [2.05, 4.69) is 15.9 Å². The van der Waals surface area contributed by atoms with Gasteiger partial charge in [-0.15, -0.1) is 0 Å². The van der Waals surface area contributed by atoms with Crippen LogP contribution in [0.25, 0.3) is 6.08 Å². The molecule has 1 aliphatic heterocycles. The molecule has 8 heteroatoms. The maximum atomic E-state index is 12.5. The number of hydrogen-bond donors (Lipinski definition) is 0. The third kappa shape index (κ3) is 5.84. The minimum atomic E-state index is -0.590. The van der Waals surface area contributed by atoms with Crippen LogP contribution in [0.4, 0.5) is 4.79 Å². The molecule has 0 unspecified atom stereocenters. The van der Waals surface area contributed by atoms with Crippen LogP contribution in [0.15, 0.2) is 27.6 Å². The van der Waals surface area contributed by atoms with Gasteiger partial charge in [0.15, 0.2) is 0 Å². The Bertz CT molecular complexity index is 764. The summed E-state index contributed by atoms with van der Waals surface area (Å²) >= 11 is 4.25. The summed E-state index contributed by atoms with van der Waals surface area (Å²) in [5, 5.41) is -0.477. The van der Waals surface area contributed by atoms with Crippen molar-refractivity contribution in [2.24, 2.45) is 0 Å². The normalized spacial score (nSPS) is 16.7. The quantitative estimate of drug-likeness (QED) is 0.420. The number of carbonyl (C=O) groups is 3. The molecule has 0 radical (unpaired) electrons. The molecule has 1 atom stereocenters. The molecule has 2 rings (SSSR count). The number of hydrogen-bond acceptors (Lipinski definition) is 6. The van der Waals surface area contributed by atoms with E-state index >= 15 is 0 Å². The second-order valence-electron chi connectivity index (χ2n) is 6.01. The minimum Gasteiger partial charge on any atom is -0.492 e. The van der Waals surface area contributed by atoms with Crippen molar-refractivity contribution in [2.45, 2.75) is 39.7 Å². The molecule has 2 amide bonds. The molecule has 0 aliphatic carbocycles. The maximum Gasteiger partial charge on any atom is 0.326 e. The van der Waals surface area contributed by atoms with Gasteiger partial charge in [-0.25, -0.2) is 0 Å². The number of carbonyl (C=O) groups excluding carboxylic acids is 3. The summed E-state index contributed by atoms with van der Waals surface area (Å²) in [4.78, 5) is 37.6.